The van der Waals surface area contributed by atoms with E-state index in [-0.39, 0.29) is 6.10 Å². The molecule has 4 heteroatoms. The molecule has 0 radical (unpaired) electrons. The normalized spacial score (nSPS) is 17.5. The van der Waals surface area contributed by atoms with Gasteiger partial charge in [-0.25, -0.2) is 0 Å². The Bertz CT molecular complexity index is 456. The van der Waals surface area contributed by atoms with Gasteiger partial charge >= 0.3 is 0 Å². The maximum Gasteiger partial charge on any atom is 0.165 e. The minimum absolute atomic E-state index is 0.321. The van der Waals surface area contributed by atoms with Gasteiger partial charge in [-0.15, -0.1) is 0 Å². The quantitative estimate of drug-likeness (QED) is 0.840. The van der Waals surface area contributed by atoms with E-state index in [0.29, 0.717) is 12.6 Å². The van der Waals surface area contributed by atoms with Crippen LogP contribution in [0.5, 0.6) is 11.5 Å². The fourth-order valence-electron chi connectivity index (χ4n) is 3.43. The van der Waals surface area contributed by atoms with Crippen molar-refractivity contribution in [1.29, 1.82) is 0 Å². The first-order valence-electron chi connectivity index (χ1n) is 8.27. The zero-order valence-electron chi connectivity index (χ0n) is 14.0. The second-order valence-corrected chi connectivity index (χ2v) is 6.22. The molecule has 1 N–H and O–H groups in total. The number of nitrogens with zero attached hydrogens (tertiary/aromatic N) is 1. The number of methoxy groups -OCH3 is 2. The number of hydrogen-bond donors (Lipinski definition) is 1. The van der Waals surface area contributed by atoms with Crippen LogP contribution in [-0.4, -0.2) is 42.9 Å². The highest BCUT2D eigenvalue weighted by molar-refractivity contribution is 5.46. The Balaban J connectivity index is 2.18. The lowest BCUT2D eigenvalue weighted by Crippen LogP contribution is -2.40. The lowest BCUT2D eigenvalue weighted by molar-refractivity contribution is 0.0762. The van der Waals surface area contributed by atoms with Gasteiger partial charge in [0, 0.05) is 24.7 Å². The average molecular weight is 307 g/mol. The molecule has 0 aromatic heterocycles. The van der Waals surface area contributed by atoms with Crippen LogP contribution in [0.15, 0.2) is 18.2 Å². The SMILES string of the molecule is COc1cccc(CN(CC(C)O)C2CCCCC2)c1OC. The molecule has 2 rings (SSSR count). The summed E-state index contributed by atoms with van der Waals surface area (Å²) in [5, 5.41) is 9.86. The van der Waals surface area contributed by atoms with Gasteiger partial charge in [0.25, 0.3) is 0 Å². The molecular formula is C18H29NO3. The Morgan fingerprint density at radius 1 is 1.18 bits per heavy atom. The summed E-state index contributed by atoms with van der Waals surface area (Å²) in [5.41, 5.74) is 1.12. The van der Waals surface area contributed by atoms with Crippen LogP contribution in [0.25, 0.3) is 0 Å². The van der Waals surface area contributed by atoms with Crippen molar-refractivity contribution in [2.45, 2.75) is 57.7 Å². The van der Waals surface area contributed by atoms with Crippen LogP contribution in [0.2, 0.25) is 0 Å². The molecule has 1 aliphatic rings. The van der Waals surface area contributed by atoms with Crippen LogP contribution < -0.4 is 9.47 Å². The summed E-state index contributed by atoms with van der Waals surface area (Å²) in [7, 11) is 3.34. The molecular weight excluding hydrogens is 278 g/mol. The summed E-state index contributed by atoms with van der Waals surface area (Å²) in [6.45, 7) is 3.35. The van der Waals surface area contributed by atoms with Gasteiger partial charge in [-0.1, -0.05) is 31.4 Å². The highest BCUT2D eigenvalue weighted by Crippen LogP contribution is 2.33. The maximum absolute atomic E-state index is 9.86. The average Bonchev–Trinajstić information content (AvgIpc) is 2.54. The smallest absolute Gasteiger partial charge is 0.165 e. The zero-order chi connectivity index (χ0) is 15.9. The minimum atomic E-state index is -0.321. The van der Waals surface area contributed by atoms with Crippen LogP contribution >= 0.6 is 0 Å². The standard InChI is InChI=1S/C18H29NO3/c1-14(20)12-19(16-9-5-4-6-10-16)13-15-8-7-11-17(21-2)18(15)22-3/h7-8,11,14,16,20H,4-6,9-10,12-13H2,1-3H3. The van der Waals surface area contributed by atoms with Crippen molar-refractivity contribution >= 4 is 0 Å². The van der Waals surface area contributed by atoms with Crippen molar-refractivity contribution in [3.05, 3.63) is 23.8 Å². The molecule has 1 aliphatic carbocycles. The minimum Gasteiger partial charge on any atom is -0.493 e. The van der Waals surface area contributed by atoms with E-state index in [1.54, 1.807) is 14.2 Å². The number of para-hydroxylation sites is 1. The third kappa shape index (κ3) is 4.37. The topological polar surface area (TPSA) is 41.9 Å². The van der Waals surface area contributed by atoms with Crippen molar-refractivity contribution in [1.82, 2.24) is 4.90 Å². The summed E-state index contributed by atoms with van der Waals surface area (Å²) in [6, 6.07) is 6.55. The van der Waals surface area contributed by atoms with Gasteiger partial charge < -0.3 is 14.6 Å². The van der Waals surface area contributed by atoms with E-state index in [1.165, 1.54) is 32.1 Å². The molecule has 0 aliphatic heterocycles. The van der Waals surface area contributed by atoms with Crippen LogP contribution in [-0.2, 0) is 6.54 Å². The molecule has 4 nitrogen and oxygen atoms in total. The third-order valence-electron chi connectivity index (χ3n) is 4.45. The molecule has 1 fully saturated rings. The van der Waals surface area contributed by atoms with Gasteiger partial charge in [0.2, 0.25) is 0 Å². The Hall–Kier alpha value is -1.26. The van der Waals surface area contributed by atoms with Gasteiger partial charge in [0.1, 0.15) is 0 Å². The summed E-state index contributed by atoms with van der Waals surface area (Å²) in [6.07, 6.45) is 6.03. The number of ether oxygens (including phenoxy) is 2. The Labute approximate surface area is 134 Å². The molecule has 0 amide bonds. The van der Waals surface area contributed by atoms with E-state index in [4.69, 9.17) is 9.47 Å². The second-order valence-electron chi connectivity index (χ2n) is 6.22. The number of rotatable bonds is 7. The van der Waals surface area contributed by atoms with Crippen molar-refractivity contribution in [3.8, 4) is 11.5 Å². The van der Waals surface area contributed by atoms with Gasteiger partial charge in [0.15, 0.2) is 11.5 Å². The molecule has 1 aromatic rings. The maximum atomic E-state index is 9.86. The molecule has 1 unspecified atom stereocenters. The van der Waals surface area contributed by atoms with Crippen LogP contribution in [0, 0.1) is 0 Å². The first kappa shape index (κ1) is 17.1. The van der Waals surface area contributed by atoms with Gasteiger partial charge in [-0.3, -0.25) is 4.90 Å². The third-order valence-corrected chi connectivity index (χ3v) is 4.45. The highest BCUT2D eigenvalue weighted by Gasteiger charge is 2.24. The first-order chi connectivity index (χ1) is 10.7. The monoisotopic (exact) mass is 307 g/mol. The van der Waals surface area contributed by atoms with Crippen molar-refractivity contribution in [2.24, 2.45) is 0 Å². The Morgan fingerprint density at radius 2 is 1.91 bits per heavy atom. The number of benzene rings is 1. The van der Waals surface area contributed by atoms with E-state index in [2.05, 4.69) is 11.0 Å². The summed E-state index contributed by atoms with van der Waals surface area (Å²) in [5.74, 6) is 1.57. The molecule has 0 spiro atoms. The van der Waals surface area contributed by atoms with Gasteiger partial charge in [0.05, 0.1) is 20.3 Å². The fraction of sp³-hybridized carbons (Fsp3) is 0.667. The van der Waals surface area contributed by atoms with Crippen LogP contribution in [0.3, 0.4) is 0 Å². The predicted molar refractivity (Wildman–Crippen MR) is 88.5 cm³/mol. The first-order valence-corrected chi connectivity index (χ1v) is 8.27. The highest BCUT2D eigenvalue weighted by atomic mass is 16.5. The van der Waals surface area contributed by atoms with E-state index in [9.17, 15) is 5.11 Å². The lowest BCUT2D eigenvalue weighted by Gasteiger charge is -2.35. The van der Waals surface area contributed by atoms with E-state index in [1.807, 2.05) is 19.1 Å². The number of aliphatic hydroxyl groups excluding tert-OH is 1. The summed E-state index contributed by atoms with van der Waals surface area (Å²) >= 11 is 0. The summed E-state index contributed by atoms with van der Waals surface area (Å²) < 4.78 is 10.9. The second kappa shape index (κ2) is 8.39. The number of hydrogen-bond acceptors (Lipinski definition) is 4. The lowest BCUT2D eigenvalue weighted by atomic mass is 9.93. The molecule has 0 heterocycles. The van der Waals surface area contributed by atoms with Crippen molar-refractivity contribution in [2.75, 3.05) is 20.8 Å². The summed E-state index contributed by atoms with van der Waals surface area (Å²) in [4.78, 5) is 2.40. The fourth-order valence-corrected chi connectivity index (χ4v) is 3.43. The molecule has 1 saturated carbocycles. The van der Waals surface area contributed by atoms with Crippen LogP contribution in [0.4, 0.5) is 0 Å². The van der Waals surface area contributed by atoms with E-state index < -0.39 is 0 Å². The number of aliphatic hydroxyl groups is 1. The van der Waals surface area contributed by atoms with Gasteiger partial charge in [-0.2, -0.15) is 0 Å². The molecule has 1 aromatic carbocycles. The Kier molecular flexibility index (Phi) is 6.52. The van der Waals surface area contributed by atoms with Crippen molar-refractivity contribution in [3.63, 3.8) is 0 Å². The van der Waals surface area contributed by atoms with Crippen molar-refractivity contribution < 1.29 is 14.6 Å². The van der Waals surface area contributed by atoms with Crippen LogP contribution in [0.1, 0.15) is 44.6 Å². The molecule has 124 valence electrons. The molecule has 0 bridgehead atoms. The largest absolute Gasteiger partial charge is 0.493 e. The molecule has 0 saturated heterocycles. The van der Waals surface area contributed by atoms with E-state index >= 15 is 0 Å². The van der Waals surface area contributed by atoms with Gasteiger partial charge in [-0.05, 0) is 25.8 Å². The molecule has 1 atom stereocenters. The predicted octanol–water partition coefficient (Wildman–Crippen LogP) is 3.22. The van der Waals surface area contributed by atoms with E-state index in [0.717, 1.165) is 23.6 Å². The molecule has 22 heavy (non-hydrogen) atoms. The Morgan fingerprint density at radius 3 is 2.50 bits per heavy atom. The zero-order valence-corrected chi connectivity index (χ0v) is 14.0.